The molecule has 1 heteroatoms. The van der Waals surface area contributed by atoms with Crippen LogP contribution < -0.4 is 4.74 Å². The van der Waals surface area contributed by atoms with Crippen LogP contribution in [0.2, 0.25) is 0 Å². The number of allylic oxidation sites excluding steroid dienone is 3. The van der Waals surface area contributed by atoms with Crippen molar-refractivity contribution in [3.63, 3.8) is 0 Å². The van der Waals surface area contributed by atoms with Crippen molar-refractivity contribution in [1.82, 2.24) is 0 Å². The predicted octanol–water partition coefficient (Wildman–Crippen LogP) is 5.16. The summed E-state index contributed by atoms with van der Waals surface area (Å²) >= 11 is 0. The van der Waals surface area contributed by atoms with E-state index in [1.807, 2.05) is 0 Å². The van der Waals surface area contributed by atoms with Crippen molar-refractivity contribution < 1.29 is 4.74 Å². The topological polar surface area (TPSA) is 9.23 Å². The Kier molecular flexibility index (Phi) is 3.90. The molecule has 18 heavy (non-hydrogen) atoms. The average molecular weight is 242 g/mol. The standard InChI is InChI=1S/C17H22O/c1-12(2)15-10-7-11-16(13(3)4)17(15)18-14-8-5-6-9-14/h5-8,10-13H,9H2,1-4H3. The summed E-state index contributed by atoms with van der Waals surface area (Å²) in [5.74, 6) is 3.07. The van der Waals surface area contributed by atoms with E-state index in [-0.39, 0.29) is 0 Å². The molecule has 0 unspecified atom stereocenters. The van der Waals surface area contributed by atoms with E-state index in [4.69, 9.17) is 4.74 Å². The minimum atomic E-state index is 0.480. The van der Waals surface area contributed by atoms with E-state index in [1.54, 1.807) is 0 Å². The minimum absolute atomic E-state index is 0.480. The van der Waals surface area contributed by atoms with Gasteiger partial charge in [0.2, 0.25) is 0 Å². The second-order valence-corrected chi connectivity index (χ2v) is 5.44. The largest absolute Gasteiger partial charge is 0.461 e. The molecule has 0 aliphatic heterocycles. The monoisotopic (exact) mass is 242 g/mol. The number of benzene rings is 1. The van der Waals surface area contributed by atoms with E-state index >= 15 is 0 Å². The molecule has 0 heterocycles. The second-order valence-electron chi connectivity index (χ2n) is 5.44. The zero-order valence-corrected chi connectivity index (χ0v) is 11.7. The van der Waals surface area contributed by atoms with Gasteiger partial charge in [0.15, 0.2) is 0 Å². The molecule has 0 aromatic heterocycles. The molecule has 0 fully saturated rings. The minimum Gasteiger partial charge on any atom is -0.461 e. The molecular weight excluding hydrogens is 220 g/mol. The Morgan fingerprint density at radius 1 is 1.00 bits per heavy atom. The molecule has 1 aliphatic carbocycles. The van der Waals surface area contributed by atoms with Crippen LogP contribution in [0.25, 0.3) is 0 Å². The highest BCUT2D eigenvalue weighted by Crippen LogP contribution is 2.36. The SMILES string of the molecule is CC(C)c1cccc(C(C)C)c1OC1=CC=CC1. The van der Waals surface area contributed by atoms with Crippen molar-refractivity contribution in [2.24, 2.45) is 0 Å². The Balaban J connectivity index is 2.39. The van der Waals surface area contributed by atoms with Crippen molar-refractivity contribution in [1.29, 1.82) is 0 Å². The third-order valence-corrected chi connectivity index (χ3v) is 3.29. The van der Waals surface area contributed by atoms with Gasteiger partial charge in [-0.1, -0.05) is 58.0 Å². The van der Waals surface area contributed by atoms with Crippen molar-refractivity contribution in [2.45, 2.75) is 46.0 Å². The van der Waals surface area contributed by atoms with Gasteiger partial charge in [0, 0.05) is 6.42 Å². The van der Waals surface area contributed by atoms with Crippen molar-refractivity contribution >= 4 is 0 Å². The van der Waals surface area contributed by atoms with Crippen LogP contribution in [0.15, 0.2) is 42.2 Å². The maximum absolute atomic E-state index is 6.16. The molecule has 0 atom stereocenters. The van der Waals surface area contributed by atoms with Gasteiger partial charge in [0.25, 0.3) is 0 Å². The summed E-state index contributed by atoms with van der Waals surface area (Å²) in [6.45, 7) is 8.86. The van der Waals surface area contributed by atoms with Crippen LogP contribution in [0.4, 0.5) is 0 Å². The number of rotatable bonds is 4. The average Bonchev–Trinajstić information content (AvgIpc) is 2.81. The van der Waals surface area contributed by atoms with Crippen molar-refractivity contribution in [2.75, 3.05) is 0 Å². The molecule has 1 nitrogen and oxygen atoms in total. The fraction of sp³-hybridized carbons (Fsp3) is 0.412. The number of hydrogen-bond donors (Lipinski definition) is 0. The van der Waals surface area contributed by atoms with Gasteiger partial charge in [-0.2, -0.15) is 0 Å². The number of ether oxygens (including phenoxy) is 1. The Hall–Kier alpha value is -1.50. The van der Waals surface area contributed by atoms with E-state index < -0.39 is 0 Å². The Bertz CT molecular complexity index is 452. The maximum Gasteiger partial charge on any atom is 0.133 e. The van der Waals surface area contributed by atoms with Crippen LogP contribution in [0.3, 0.4) is 0 Å². The Morgan fingerprint density at radius 2 is 1.61 bits per heavy atom. The van der Waals surface area contributed by atoms with Crippen LogP contribution in [0, 0.1) is 0 Å². The Morgan fingerprint density at radius 3 is 2.06 bits per heavy atom. The lowest BCUT2D eigenvalue weighted by molar-refractivity contribution is 0.405. The summed E-state index contributed by atoms with van der Waals surface area (Å²) in [7, 11) is 0. The fourth-order valence-corrected chi connectivity index (χ4v) is 2.24. The highest BCUT2D eigenvalue weighted by Gasteiger charge is 2.16. The van der Waals surface area contributed by atoms with Gasteiger partial charge >= 0.3 is 0 Å². The summed E-state index contributed by atoms with van der Waals surface area (Å²) < 4.78 is 6.16. The van der Waals surface area contributed by atoms with Crippen LogP contribution in [-0.4, -0.2) is 0 Å². The molecule has 0 spiro atoms. The first-order chi connectivity index (χ1) is 8.59. The fourth-order valence-electron chi connectivity index (χ4n) is 2.24. The van der Waals surface area contributed by atoms with Gasteiger partial charge in [-0.15, -0.1) is 0 Å². The van der Waals surface area contributed by atoms with Gasteiger partial charge in [0.1, 0.15) is 11.5 Å². The van der Waals surface area contributed by atoms with E-state index in [0.29, 0.717) is 11.8 Å². The van der Waals surface area contributed by atoms with Crippen LogP contribution in [0.1, 0.15) is 57.1 Å². The lowest BCUT2D eigenvalue weighted by Gasteiger charge is -2.20. The molecule has 1 aliphatic rings. The van der Waals surface area contributed by atoms with Crippen molar-refractivity contribution in [3.05, 3.63) is 53.3 Å². The van der Waals surface area contributed by atoms with E-state index in [0.717, 1.165) is 17.9 Å². The first kappa shape index (κ1) is 12.9. The third-order valence-electron chi connectivity index (χ3n) is 3.29. The molecule has 0 N–H and O–H groups in total. The molecule has 0 saturated carbocycles. The van der Waals surface area contributed by atoms with Crippen LogP contribution in [-0.2, 0) is 0 Å². The molecular formula is C17H22O. The zero-order chi connectivity index (χ0) is 13.1. The molecule has 1 aromatic carbocycles. The van der Waals surface area contributed by atoms with E-state index in [1.165, 1.54) is 11.1 Å². The first-order valence-electron chi connectivity index (χ1n) is 6.76. The van der Waals surface area contributed by atoms with Gasteiger partial charge in [-0.3, -0.25) is 0 Å². The lowest BCUT2D eigenvalue weighted by atomic mass is 9.94. The first-order valence-corrected chi connectivity index (χ1v) is 6.76. The second kappa shape index (κ2) is 5.43. The smallest absolute Gasteiger partial charge is 0.133 e. The number of para-hydroxylation sites is 1. The normalized spacial score (nSPS) is 14.4. The Labute approximate surface area is 110 Å². The zero-order valence-electron chi connectivity index (χ0n) is 11.7. The lowest BCUT2D eigenvalue weighted by Crippen LogP contribution is -2.03. The molecule has 2 rings (SSSR count). The molecule has 0 amide bonds. The van der Waals surface area contributed by atoms with E-state index in [2.05, 4.69) is 64.1 Å². The predicted molar refractivity (Wildman–Crippen MR) is 77.1 cm³/mol. The quantitative estimate of drug-likeness (QED) is 0.709. The third kappa shape index (κ3) is 2.66. The van der Waals surface area contributed by atoms with Gasteiger partial charge in [-0.05, 0) is 29.0 Å². The maximum atomic E-state index is 6.16. The summed E-state index contributed by atoms with van der Waals surface area (Å²) in [5.41, 5.74) is 2.60. The summed E-state index contributed by atoms with van der Waals surface area (Å²) in [6, 6.07) is 6.49. The highest BCUT2D eigenvalue weighted by atomic mass is 16.5. The summed E-state index contributed by atoms with van der Waals surface area (Å²) in [6.07, 6.45) is 7.15. The van der Waals surface area contributed by atoms with Gasteiger partial charge in [0.05, 0.1) is 0 Å². The number of hydrogen-bond acceptors (Lipinski definition) is 1. The summed E-state index contributed by atoms with van der Waals surface area (Å²) in [4.78, 5) is 0. The molecule has 1 aromatic rings. The van der Waals surface area contributed by atoms with Crippen molar-refractivity contribution in [3.8, 4) is 5.75 Å². The molecule has 0 bridgehead atoms. The highest BCUT2D eigenvalue weighted by molar-refractivity contribution is 5.46. The van der Waals surface area contributed by atoms with Crippen LogP contribution >= 0.6 is 0 Å². The molecule has 96 valence electrons. The summed E-state index contributed by atoms with van der Waals surface area (Å²) in [5, 5.41) is 0. The van der Waals surface area contributed by atoms with E-state index in [9.17, 15) is 0 Å². The van der Waals surface area contributed by atoms with Gasteiger partial charge < -0.3 is 4.74 Å². The molecule has 0 radical (unpaired) electrons. The molecule has 0 saturated heterocycles. The van der Waals surface area contributed by atoms with Gasteiger partial charge in [-0.25, -0.2) is 0 Å². The van der Waals surface area contributed by atoms with Crippen LogP contribution in [0.5, 0.6) is 5.75 Å².